The van der Waals surface area contributed by atoms with Crippen LogP contribution in [-0.4, -0.2) is 36.7 Å². The molecule has 6 heteroatoms. The molecule has 1 aromatic carbocycles. The average molecular weight is 398 g/mol. The molecule has 156 valence electrons. The zero-order valence-corrected chi connectivity index (χ0v) is 16.9. The van der Waals surface area contributed by atoms with Crippen LogP contribution < -0.4 is 20.7 Å². The predicted octanol–water partition coefficient (Wildman–Crippen LogP) is 2.76. The van der Waals surface area contributed by atoms with E-state index in [0.29, 0.717) is 13.1 Å². The van der Waals surface area contributed by atoms with Crippen molar-refractivity contribution in [3.8, 4) is 5.75 Å². The molecule has 4 bridgehead atoms. The van der Waals surface area contributed by atoms with Crippen molar-refractivity contribution in [1.82, 2.24) is 16.0 Å². The number of urea groups is 1. The SMILES string of the molecule is O=C(CCNC(=O)NC12CC3CC(CC(C3)C1)C2)NCC1Cc2ccccc2O1. The lowest BCUT2D eigenvalue weighted by Crippen LogP contribution is -2.61. The van der Waals surface area contributed by atoms with E-state index in [4.69, 9.17) is 4.74 Å². The van der Waals surface area contributed by atoms with E-state index in [-0.39, 0.29) is 30.0 Å². The minimum atomic E-state index is -0.116. The van der Waals surface area contributed by atoms with Crippen molar-refractivity contribution >= 4 is 11.9 Å². The first kappa shape index (κ1) is 18.8. The van der Waals surface area contributed by atoms with Gasteiger partial charge in [0.05, 0.1) is 6.54 Å². The topological polar surface area (TPSA) is 79.5 Å². The Kier molecular flexibility index (Phi) is 4.88. The van der Waals surface area contributed by atoms with Crippen LogP contribution in [0.4, 0.5) is 4.79 Å². The smallest absolute Gasteiger partial charge is 0.315 e. The summed E-state index contributed by atoms with van der Waals surface area (Å²) < 4.78 is 5.84. The van der Waals surface area contributed by atoms with E-state index >= 15 is 0 Å². The highest BCUT2D eigenvalue weighted by Crippen LogP contribution is 2.55. The molecule has 3 N–H and O–H groups in total. The molecule has 5 aliphatic rings. The number of rotatable bonds is 6. The summed E-state index contributed by atoms with van der Waals surface area (Å²) in [4.78, 5) is 24.6. The Hall–Kier alpha value is -2.24. The highest BCUT2D eigenvalue weighted by molar-refractivity contribution is 5.78. The van der Waals surface area contributed by atoms with Gasteiger partial charge in [0.1, 0.15) is 11.9 Å². The van der Waals surface area contributed by atoms with Gasteiger partial charge < -0.3 is 20.7 Å². The molecule has 4 aliphatic carbocycles. The highest BCUT2D eigenvalue weighted by Gasteiger charge is 2.51. The standard InChI is InChI=1S/C23H31N3O3/c27-21(25-14-19-10-18-3-1-2-4-20(18)29-19)5-6-24-22(28)26-23-11-15-7-16(12-23)9-17(8-15)13-23/h1-4,15-17,19H,5-14H2,(H,25,27)(H2,24,26,28). The van der Waals surface area contributed by atoms with Gasteiger partial charge in [0.2, 0.25) is 5.91 Å². The quantitative estimate of drug-likeness (QED) is 0.691. The molecule has 3 amide bonds. The predicted molar refractivity (Wildman–Crippen MR) is 110 cm³/mol. The van der Waals surface area contributed by atoms with Crippen LogP contribution >= 0.6 is 0 Å². The first-order chi connectivity index (χ1) is 14.1. The Morgan fingerprint density at radius 3 is 2.38 bits per heavy atom. The summed E-state index contributed by atoms with van der Waals surface area (Å²) in [5.74, 6) is 3.26. The van der Waals surface area contributed by atoms with Crippen LogP contribution in [0.25, 0.3) is 0 Å². The van der Waals surface area contributed by atoms with Gasteiger partial charge in [-0.2, -0.15) is 0 Å². The van der Waals surface area contributed by atoms with Crippen LogP contribution in [0.1, 0.15) is 50.5 Å². The van der Waals surface area contributed by atoms with E-state index in [0.717, 1.165) is 49.2 Å². The van der Waals surface area contributed by atoms with Crippen LogP contribution in [0, 0.1) is 17.8 Å². The Morgan fingerprint density at radius 1 is 1.00 bits per heavy atom. The van der Waals surface area contributed by atoms with Gasteiger partial charge >= 0.3 is 6.03 Å². The molecule has 4 fully saturated rings. The van der Waals surface area contributed by atoms with Crippen LogP contribution in [0.2, 0.25) is 0 Å². The van der Waals surface area contributed by atoms with Crippen molar-refractivity contribution in [2.24, 2.45) is 17.8 Å². The number of hydrogen-bond acceptors (Lipinski definition) is 3. The van der Waals surface area contributed by atoms with Crippen molar-refractivity contribution in [2.75, 3.05) is 13.1 Å². The van der Waals surface area contributed by atoms with Crippen LogP contribution in [0.5, 0.6) is 5.75 Å². The van der Waals surface area contributed by atoms with E-state index < -0.39 is 0 Å². The average Bonchev–Trinajstić information content (AvgIpc) is 3.08. The lowest BCUT2D eigenvalue weighted by atomic mass is 9.53. The first-order valence-electron chi connectivity index (χ1n) is 11.1. The van der Waals surface area contributed by atoms with E-state index in [1.165, 1.54) is 24.8 Å². The maximum absolute atomic E-state index is 12.4. The lowest BCUT2D eigenvalue weighted by molar-refractivity contribution is -0.121. The molecular formula is C23H31N3O3. The van der Waals surface area contributed by atoms with Crippen LogP contribution in [-0.2, 0) is 11.2 Å². The molecule has 4 saturated carbocycles. The van der Waals surface area contributed by atoms with Crippen molar-refractivity contribution in [3.63, 3.8) is 0 Å². The normalized spacial score (nSPS) is 33.7. The number of para-hydroxylation sites is 1. The maximum Gasteiger partial charge on any atom is 0.315 e. The van der Waals surface area contributed by atoms with Gasteiger partial charge in [0.15, 0.2) is 0 Å². The lowest BCUT2D eigenvalue weighted by Gasteiger charge is -2.56. The number of carbonyl (C=O) groups excluding carboxylic acids is 2. The minimum Gasteiger partial charge on any atom is -0.488 e. The second kappa shape index (κ2) is 7.54. The maximum atomic E-state index is 12.4. The van der Waals surface area contributed by atoms with E-state index in [9.17, 15) is 9.59 Å². The fourth-order valence-corrected chi connectivity index (χ4v) is 6.52. The number of carbonyl (C=O) groups is 2. The Bertz CT molecular complexity index is 733. The van der Waals surface area contributed by atoms with Crippen LogP contribution in [0.15, 0.2) is 24.3 Å². The molecule has 6 rings (SSSR count). The van der Waals surface area contributed by atoms with Gasteiger partial charge in [-0.25, -0.2) is 4.79 Å². The number of ether oxygens (including phenoxy) is 1. The molecule has 1 heterocycles. The molecule has 0 spiro atoms. The second-order valence-corrected chi connectivity index (χ2v) is 9.68. The Balaban J connectivity index is 1.01. The minimum absolute atomic E-state index is 0.00983. The molecule has 6 nitrogen and oxygen atoms in total. The molecule has 1 unspecified atom stereocenters. The summed E-state index contributed by atoms with van der Waals surface area (Å²) in [6.45, 7) is 0.850. The molecular weight excluding hydrogens is 366 g/mol. The van der Waals surface area contributed by atoms with Crippen molar-refractivity contribution < 1.29 is 14.3 Å². The number of hydrogen-bond donors (Lipinski definition) is 3. The molecule has 0 aromatic heterocycles. The summed E-state index contributed by atoms with van der Waals surface area (Å²) in [5.41, 5.74) is 1.20. The van der Waals surface area contributed by atoms with E-state index in [2.05, 4.69) is 22.0 Å². The third kappa shape index (κ3) is 4.07. The largest absolute Gasteiger partial charge is 0.488 e. The Morgan fingerprint density at radius 2 is 1.69 bits per heavy atom. The third-order valence-electron chi connectivity index (χ3n) is 7.30. The van der Waals surface area contributed by atoms with Crippen molar-refractivity contribution in [1.29, 1.82) is 0 Å². The first-order valence-corrected chi connectivity index (χ1v) is 11.1. The Labute approximate surface area is 172 Å². The van der Waals surface area contributed by atoms with Gasteiger partial charge in [-0.05, 0) is 67.9 Å². The van der Waals surface area contributed by atoms with Gasteiger partial charge in [-0.1, -0.05) is 18.2 Å². The fraction of sp³-hybridized carbons (Fsp3) is 0.652. The number of amides is 3. The monoisotopic (exact) mass is 397 g/mol. The number of benzene rings is 1. The molecule has 29 heavy (non-hydrogen) atoms. The van der Waals surface area contributed by atoms with Gasteiger partial charge in [0, 0.05) is 24.9 Å². The van der Waals surface area contributed by atoms with Crippen LogP contribution in [0.3, 0.4) is 0 Å². The van der Waals surface area contributed by atoms with Crippen molar-refractivity contribution in [2.45, 2.75) is 63.0 Å². The fourth-order valence-electron chi connectivity index (χ4n) is 6.52. The zero-order chi connectivity index (χ0) is 19.8. The van der Waals surface area contributed by atoms with Gasteiger partial charge in [-0.3, -0.25) is 4.79 Å². The molecule has 0 radical (unpaired) electrons. The van der Waals surface area contributed by atoms with Gasteiger partial charge in [-0.15, -0.1) is 0 Å². The molecule has 0 saturated heterocycles. The molecule has 1 atom stereocenters. The van der Waals surface area contributed by atoms with Crippen molar-refractivity contribution in [3.05, 3.63) is 29.8 Å². The number of nitrogens with one attached hydrogen (secondary N) is 3. The van der Waals surface area contributed by atoms with Gasteiger partial charge in [0.25, 0.3) is 0 Å². The summed E-state index contributed by atoms with van der Waals surface area (Å²) in [6.07, 6.45) is 8.58. The number of fused-ring (bicyclic) bond motifs is 1. The van der Waals surface area contributed by atoms with E-state index in [1.54, 1.807) is 0 Å². The zero-order valence-electron chi connectivity index (χ0n) is 16.9. The second-order valence-electron chi connectivity index (χ2n) is 9.68. The third-order valence-corrected chi connectivity index (χ3v) is 7.30. The molecule has 1 aliphatic heterocycles. The van der Waals surface area contributed by atoms with E-state index in [1.807, 2.05) is 18.2 Å². The summed E-state index contributed by atoms with van der Waals surface area (Å²) in [6, 6.07) is 7.87. The highest BCUT2D eigenvalue weighted by atomic mass is 16.5. The summed E-state index contributed by atoms with van der Waals surface area (Å²) in [7, 11) is 0. The summed E-state index contributed by atoms with van der Waals surface area (Å²) in [5, 5.41) is 9.10. The summed E-state index contributed by atoms with van der Waals surface area (Å²) >= 11 is 0. The molecule has 1 aromatic rings.